The van der Waals surface area contributed by atoms with Gasteiger partial charge in [-0.05, 0) is 6.92 Å². The largest absolute Gasteiger partial charge is 0.337 e. The first kappa shape index (κ1) is 11.9. The molecule has 0 radical (unpaired) electrons. The first-order valence-corrected chi connectivity index (χ1v) is 6.48. The summed E-state index contributed by atoms with van der Waals surface area (Å²) >= 11 is 5.59. The van der Waals surface area contributed by atoms with E-state index in [1.165, 1.54) is 12.3 Å². The minimum absolute atomic E-state index is 0.0587. The zero-order valence-electron chi connectivity index (χ0n) is 9.10. The number of sulfonamides is 1. The molecule has 0 aromatic carbocycles. The van der Waals surface area contributed by atoms with Crippen LogP contribution in [-0.2, 0) is 17.1 Å². The molecule has 0 saturated carbocycles. The number of halogens is 1. The van der Waals surface area contributed by atoms with Crippen molar-refractivity contribution in [3.05, 3.63) is 23.2 Å². The van der Waals surface area contributed by atoms with Gasteiger partial charge >= 0.3 is 0 Å². The molecule has 7 nitrogen and oxygen atoms in total. The Kier molecular flexibility index (Phi) is 2.84. The maximum atomic E-state index is 11.9. The van der Waals surface area contributed by atoms with E-state index in [0.717, 1.165) is 0 Å². The molecule has 0 spiro atoms. The number of nitrogens with zero attached hydrogens (tertiary/aromatic N) is 3. The Balaban J connectivity index is 2.31. The molecule has 92 valence electrons. The number of aryl methyl sites for hydroxylation is 2. The van der Waals surface area contributed by atoms with Gasteiger partial charge in [0.05, 0.1) is 0 Å². The van der Waals surface area contributed by atoms with Gasteiger partial charge in [-0.2, -0.15) is 13.5 Å². The van der Waals surface area contributed by atoms with Crippen molar-refractivity contribution in [2.45, 2.75) is 11.9 Å². The standard InChI is InChI=1S/C8H10ClN5O2S/c1-5-10-8(4-14(5)2)17(15,16)13-7-3-6(9)11-12-7/h3-4H,1-2H3,(H2,11,12,13). The Morgan fingerprint density at radius 1 is 1.53 bits per heavy atom. The lowest BCUT2D eigenvalue weighted by molar-refractivity contribution is 0.597. The van der Waals surface area contributed by atoms with Crippen LogP contribution in [0.4, 0.5) is 5.82 Å². The van der Waals surface area contributed by atoms with Crippen LogP contribution in [0.1, 0.15) is 5.82 Å². The predicted molar refractivity (Wildman–Crippen MR) is 62.4 cm³/mol. The van der Waals surface area contributed by atoms with Gasteiger partial charge in [0.2, 0.25) is 0 Å². The molecular formula is C8H10ClN5O2S. The normalized spacial score (nSPS) is 11.7. The molecule has 2 rings (SSSR count). The number of nitrogens with one attached hydrogen (secondary N) is 2. The van der Waals surface area contributed by atoms with Gasteiger partial charge in [0.1, 0.15) is 11.0 Å². The van der Waals surface area contributed by atoms with E-state index in [4.69, 9.17) is 11.6 Å². The molecule has 0 bridgehead atoms. The molecule has 2 aromatic rings. The van der Waals surface area contributed by atoms with Crippen LogP contribution < -0.4 is 4.72 Å². The third-order valence-electron chi connectivity index (χ3n) is 2.15. The highest BCUT2D eigenvalue weighted by molar-refractivity contribution is 7.92. The summed E-state index contributed by atoms with van der Waals surface area (Å²) in [4.78, 5) is 3.93. The molecule has 0 fully saturated rings. The summed E-state index contributed by atoms with van der Waals surface area (Å²) in [6, 6.07) is 1.37. The van der Waals surface area contributed by atoms with E-state index >= 15 is 0 Å². The first-order valence-electron chi connectivity index (χ1n) is 4.62. The zero-order chi connectivity index (χ0) is 12.6. The Bertz CT molecular complexity index is 625. The molecule has 2 aromatic heterocycles. The van der Waals surface area contributed by atoms with Gasteiger partial charge in [-0.25, -0.2) is 4.98 Å². The van der Waals surface area contributed by atoms with Crippen molar-refractivity contribution in [1.82, 2.24) is 19.7 Å². The van der Waals surface area contributed by atoms with Crippen LogP contribution in [-0.4, -0.2) is 28.2 Å². The van der Waals surface area contributed by atoms with E-state index < -0.39 is 10.0 Å². The van der Waals surface area contributed by atoms with Crippen LogP contribution in [0.2, 0.25) is 5.15 Å². The van der Waals surface area contributed by atoms with Gasteiger partial charge in [0.15, 0.2) is 10.8 Å². The van der Waals surface area contributed by atoms with Gasteiger partial charge in [0.25, 0.3) is 10.0 Å². The van der Waals surface area contributed by atoms with E-state index in [-0.39, 0.29) is 16.0 Å². The van der Waals surface area contributed by atoms with Crippen molar-refractivity contribution < 1.29 is 8.42 Å². The van der Waals surface area contributed by atoms with Crippen molar-refractivity contribution >= 4 is 27.4 Å². The number of H-pyrrole nitrogens is 1. The number of hydrogen-bond acceptors (Lipinski definition) is 4. The Morgan fingerprint density at radius 2 is 2.24 bits per heavy atom. The van der Waals surface area contributed by atoms with Crippen molar-refractivity contribution in [3.63, 3.8) is 0 Å². The SMILES string of the molecule is Cc1nc(S(=O)(=O)Nc2cc(Cl)[nH]n2)cn1C. The number of hydrogen-bond donors (Lipinski definition) is 2. The fourth-order valence-electron chi connectivity index (χ4n) is 1.20. The maximum Gasteiger partial charge on any atom is 0.282 e. The lowest BCUT2D eigenvalue weighted by Gasteiger charge is -2.00. The summed E-state index contributed by atoms with van der Waals surface area (Å²) in [7, 11) is -2.01. The quantitative estimate of drug-likeness (QED) is 0.871. The predicted octanol–water partition coefficient (Wildman–Crippen LogP) is 0.906. The van der Waals surface area contributed by atoms with E-state index in [1.807, 2.05) is 0 Å². The maximum absolute atomic E-state index is 11.9. The minimum atomic E-state index is -3.72. The van der Waals surface area contributed by atoms with Crippen molar-refractivity contribution in [1.29, 1.82) is 0 Å². The average Bonchev–Trinajstić information content (AvgIpc) is 2.75. The van der Waals surface area contributed by atoms with Crippen LogP contribution >= 0.6 is 11.6 Å². The van der Waals surface area contributed by atoms with Crippen molar-refractivity contribution in [2.24, 2.45) is 7.05 Å². The molecule has 9 heteroatoms. The highest BCUT2D eigenvalue weighted by Gasteiger charge is 2.19. The van der Waals surface area contributed by atoms with Gasteiger partial charge in [-0.15, -0.1) is 0 Å². The van der Waals surface area contributed by atoms with E-state index in [1.54, 1.807) is 18.5 Å². The third-order valence-corrected chi connectivity index (χ3v) is 3.57. The van der Waals surface area contributed by atoms with Gasteiger partial charge in [-0.1, -0.05) is 11.6 Å². The van der Waals surface area contributed by atoms with E-state index in [2.05, 4.69) is 19.9 Å². The monoisotopic (exact) mass is 275 g/mol. The molecule has 0 amide bonds. The summed E-state index contributed by atoms with van der Waals surface area (Å²) in [5.74, 6) is 0.726. The molecule has 0 atom stereocenters. The van der Waals surface area contributed by atoms with Gasteiger partial charge in [-0.3, -0.25) is 9.82 Å². The zero-order valence-corrected chi connectivity index (χ0v) is 10.7. The fourth-order valence-corrected chi connectivity index (χ4v) is 2.38. The number of anilines is 1. The highest BCUT2D eigenvalue weighted by atomic mass is 35.5. The fraction of sp³-hybridized carbons (Fsp3) is 0.250. The second-order valence-electron chi connectivity index (χ2n) is 3.44. The second-order valence-corrected chi connectivity index (χ2v) is 5.48. The van der Waals surface area contributed by atoms with E-state index in [0.29, 0.717) is 5.82 Å². The Morgan fingerprint density at radius 3 is 2.71 bits per heavy atom. The molecule has 2 heterocycles. The van der Waals surface area contributed by atoms with Crippen molar-refractivity contribution in [3.8, 4) is 0 Å². The summed E-state index contributed by atoms with van der Waals surface area (Å²) in [5, 5.41) is 6.29. The lowest BCUT2D eigenvalue weighted by Crippen LogP contribution is -2.13. The Labute approximate surface area is 103 Å². The molecule has 0 aliphatic heterocycles. The number of aromatic nitrogens is 4. The summed E-state index contributed by atoms with van der Waals surface area (Å²) in [6.07, 6.45) is 1.42. The molecule has 2 N–H and O–H groups in total. The number of imidazole rings is 1. The van der Waals surface area contributed by atoms with Gasteiger partial charge < -0.3 is 4.57 Å². The highest BCUT2D eigenvalue weighted by Crippen LogP contribution is 2.15. The third kappa shape index (κ3) is 2.42. The summed E-state index contributed by atoms with van der Waals surface area (Å²) in [5.41, 5.74) is 0. The molecule has 17 heavy (non-hydrogen) atoms. The number of rotatable bonds is 3. The lowest BCUT2D eigenvalue weighted by atomic mass is 10.7. The smallest absolute Gasteiger partial charge is 0.282 e. The van der Waals surface area contributed by atoms with Crippen LogP contribution in [0.15, 0.2) is 17.3 Å². The molecular weight excluding hydrogens is 266 g/mol. The average molecular weight is 276 g/mol. The molecule has 0 saturated heterocycles. The molecule has 0 unspecified atom stereocenters. The van der Waals surface area contributed by atoms with Crippen LogP contribution in [0.25, 0.3) is 0 Å². The first-order chi connectivity index (χ1) is 7.88. The second kappa shape index (κ2) is 4.04. The minimum Gasteiger partial charge on any atom is -0.337 e. The number of aromatic amines is 1. The summed E-state index contributed by atoms with van der Waals surface area (Å²) in [6.45, 7) is 1.71. The van der Waals surface area contributed by atoms with Crippen LogP contribution in [0.3, 0.4) is 0 Å². The van der Waals surface area contributed by atoms with Crippen LogP contribution in [0, 0.1) is 6.92 Å². The molecule has 0 aliphatic rings. The van der Waals surface area contributed by atoms with Crippen LogP contribution in [0.5, 0.6) is 0 Å². The van der Waals surface area contributed by atoms with E-state index in [9.17, 15) is 8.42 Å². The topological polar surface area (TPSA) is 92.7 Å². The summed E-state index contributed by atoms with van der Waals surface area (Å²) < 4.78 is 27.7. The van der Waals surface area contributed by atoms with Gasteiger partial charge in [0, 0.05) is 19.3 Å². The molecule has 0 aliphatic carbocycles. The van der Waals surface area contributed by atoms with Crippen molar-refractivity contribution in [2.75, 3.05) is 4.72 Å². The Hall–Kier alpha value is -1.54.